The average molecular weight is 310 g/mol. The number of thiophene rings is 1. The third kappa shape index (κ3) is 3.44. The minimum absolute atomic E-state index is 0.158. The van der Waals surface area contributed by atoms with E-state index in [4.69, 9.17) is 10.5 Å². The van der Waals surface area contributed by atoms with Crippen molar-refractivity contribution in [1.29, 1.82) is 0 Å². The van der Waals surface area contributed by atoms with Crippen LogP contribution in [0.15, 0.2) is 0 Å². The number of fused-ring (bicyclic) bond motifs is 1. The molecule has 3 N–H and O–H groups in total. The number of hydrogen-bond acceptors (Lipinski definition) is 5. The molecule has 0 spiro atoms. The number of rotatable bonds is 5. The number of carbonyl (C=O) groups excluding carboxylic acids is 2. The number of anilines is 1. The molecule has 21 heavy (non-hydrogen) atoms. The molecule has 1 aromatic heterocycles. The number of esters is 1. The molecule has 116 valence electrons. The van der Waals surface area contributed by atoms with Crippen molar-refractivity contribution in [3.63, 3.8) is 0 Å². The molecule has 1 heterocycles. The standard InChI is InChI=1S/C15H22N2O3S/c1-3-20-15(19)13-12-9(2)5-4-6-10(12)21-14(13)17-11(18)7-8-16/h9H,3-8,16H2,1-2H3,(H,17,18). The van der Waals surface area contributed by atoms with Gasteiger partial charge in [-0.3, -0.25) is 4.79 Å². The van der Waals surface area contributed by atoms with Crippen LogP contribution in [-0.4, -0.2) is 25.0 Å². The number of nitrogens with two attached hydrogens (primary N) is 1. The lowest BCUT2D eigenvalue weighted by atomic mass is 9.86. The molecular formula is C15H22N2O3S. The van der Waals surface area contributed by atoms with E-state index in [0.29, 0.717) is 29.6 Å². The zero-order valence-electron chi connectivity index (χ0n) is 12.5. The van der Waals surface area contributed by atoms with Gasteiger partial charge in [0.25, 0.3) is 0 Å². The van der Waals surface area contributed by atoms with E-state index < -0.39 is 0 Å². The molecule has 1 aromatic rings. The molecular weight excluding hydrogens is 288 g/mol. The van der Waals surface area contributed by atoms with Crippen LogP contribution >= 0.6 is 11.3 Å². The maximum Gasteiger partial charge on any atom is 0.341 e. The zero-order valence-corrected chi connectivity index (χ0v) is 13.3. The van der Waals surface area contributed by atoms with Crippen LogP contribution in [0.4, 0.5) is 5.00 Å². The van der Waals surface area contributed by atoms with E-state index in [2.05, 4.69) is 12.2 Å². The van der Waals surface area contributed by atoms with E-state index in [0.717, 1.165) is 24.8 Å². The summed E-state index contributed by atoms with van der Waals surface area (Å²) in [5.41, 5.74) is 7.01. The number of aryl methyl sites for hydroxylation is 1. The van der Waals surface area contributed by atoms with Crippen molar-refractivity contribution in [3.8, 4) is 0 Å². The first-order valence-electron chi connectivity index (χ1n) is 7.41. The molecule has 0 aliphatic heterocycles. The SMILES string of the molecule is CCOC(=O)c1c(NC(=O)CCN)sc2c1C(C)CCC2. The first-order chi connectivity index (χ1) is 10.1. The van der Waals surface area contributed by atoms with E-state index in [1.807, 2.05) is 0 Å². The van der Waals surface area contributed by atoms with Crippen molar-refractivity contribution in [1.82, 2.24) is 0 Å². The number of nitrogens with one attached hydrogen (secondary N) is 1. The number of hydrogen-bond donors (Lipinski definition) is 2. The Hall–Kier alpha value is -1.40. The summed E-state index contributed by atoms with van der Waals surface area (Å²) in [6.07, 6.45) is 3.39. The van der Waals surface area contributed by atoms with Gasteiger partial charge in [0, 0.05) is 17.8 Å². The number of carbonyl (C=O) groups is 2. The molecule has 2 rings (SSSR count). The highest BCUT2D eigenvalue weighted by Crippen LogP contribution is 2.43. The van der Waals surface area contributed by atoms with Crippen LogP contribution in [-0.2, 0) is 16.0 Å². The highest BCUT2D eigenvalue weighted by atomic mass is 32.1. The van der Waals surface area contributed by atoms with Crippen LogP contribution in [0.5, 0.6) is 0 Å². The summed E-state index contributed by atoms with van der Waals surface area (Å²) in [4.78, 5) is 25.3. The molecule has 1 amide bonds. The van der Waals surface area contributed by atoms with Crippen LogP contribution in [0.25, 0.3) is 0 Å². The largest absolute Gasteiger partial charge is 0.462 e. The number of ether oxygens (including phenoxy) is 1. The van der Waals surface area contributed by atoms with Gasteiger partial charge in [-0.15, -0.1) is 11.3 Å². The molecule has 1 aliphatic carbocycles. The molecule has 0 fully saturated rings. The van der Waals surface area contributed by atoms with Crippen LogP contribution in [0, 0.1) is 0 Å². The molecule has 0 radical (unpaired) electrons. The van der Waals surface area contributed by atoms with Gasteiger partial charge >= 0.3 is 5.97 Å². The fourth-order valence-corrected chi connectivity index (χ4v) is 4.09. The van der Waals surface area contributed by atoms with Crippen molar-refractivity contribution < 1.29 is 14.3 Å². The summed E-state index contributed by atoms with van der Waals surface area (Å²) in [5, 5.41) is 3.44. The van der Waals surface area contributed by atoms with Gasteiger partial charge in [-0.1, -0.05) is 6.92 Å². The maximum atomic E-state index is 12.3. The predicted molar refractivity (Wildman–Crippen MR) is 83.9 cm³/mol. The van der Waals surface area contributed by atoms with Crippen molar-refractivity contribution in [3.05, 3.63) is 16.0 Å². The molecule has 1 atom stereocenters. The van der Waals surface area contributed by atoms with E-state index in [9.17, 15) is 9.59 Å². The van der Waals surface area contributed by atoms with E-state index in [1.54, 1.807) is 6.92 Å². The molecule has 0 saturated carbocycles. The smallest absolute Gasteiger partial charge is 0.341 e. The molecule has 0 saturated heterocycles. The second-order valence-corrected chi connectivity index (χ2v) is 6.35. The fourth-order valence-electron chi connectivity index (χ4n) is 2.73. The lowest BCUT2D eigenvalue weighted by Gasteiger charge is -2.19. The fraction of sp³-hybridized carbons (Fsp3) is 0.600. The molecule has 0 aromatic carbocycles. The van der Waals surface area contributed by atoms with Gasteiger partial charge in [-0.2, -0.15) is 0 Å². The third-order valence-corrected chi connectivity index (χ3v) is 4.84. The van der Waals surface area contributed by atoms with Crippen molar-refractivity contribution >= 4 is 28.2 Å². The molecule has 5 nitrogen and oxygen atoms in total. The lowest BCUT2D eigenvalue weighted by Crippen LogP contribution is -2.18. The Balaban J connectivity index is 2.39. The predicted octanol–water partition coefficient (Wildman–Crippen LogP) is 2.65. The normalized spacial score (nSPS) is 17.2. The Bertz CT molecular complexity index is 539. The summed E-state index contributed by atoms with van der Waals surface area (Å²) in [6.45, 7) is 4.53. The molecule has 6 heteroatoms. The minimum atomic E-state index is -0.341. The summed E-state index contributed by atoms with van der Waals surface area (Å²) in [6, 6.07) is 0. The topological polar surface area (TPSA) is 81.4 Å². The molecule has 1 aliphatic rings. The monoisotopic (exact) mass is 310 g/mol. The third-order valence-electron chi connectivity index (χ3n) is 3.66. The first-order valence-corrected chi connectivity index (χ1v) is 8.22. The van der Waals surface area contributed by atoms with Crippen LogP contribution in [0.3, 0.4) is 0 Å². The van der Waals surface area contributed by atoms with Gasteiger partial charge in [0.05, 0.1) is 12.2 Å². The van der Waals surface area contributed by atoms with Crippen LogP contribution < -0.4 is 11.1 Å². The highest BCUT2D eigenvalue weighted by Gasteiger charge is 2.30. The van der Waals surface area contributed by atoms with Gasteiger partial charge in [-0.05, 0) is 37.7 Å². The first kappa shape index (κ1) is 16.0. The van der Waals surface area contributed by atoms with Gasteiger partial charge in [0.2, 0.25) is 5.91 Å². The van der Waals surface area contributed by atoms with E-state index in [-0.39, 0.29) is 18.3 Å². The quantitative estimate of drug-likeness (QED) is 0.819. The molecule has 1 unspecified atom stereocenters. The summed E-state index contributed by atoms with van der Waals surface area (Å²) >= 11 is 1.50. The lowest BCUT2D eigenvalue weighted by molar-refractivity contribution is -0.116. The van der Waals surface area contributed by atoms with E-state index in [1.165, 1.54) is 16.2 Å². The zero-order chi connectivity index (χ0) is 15.4. The second kappa shape index (κ2) is 7.04. The number of amides is 1. The van der Waals surface area contributed by atoms with Gasteiger partial charge in [-0.25, -0.2) is 4.79 Å². The maximum absolute atomic E-state index is 12.3. The minimum Gasteiger partial charge on any atom is -0.462 e. The van der Waals surface area contributed by atoms with Gasteiger partial charge < -0.3 is 15.8 Å². The summed E-state index contributed by atoms with van der Waals surface area (Å²) in [5.74, 6) is -0.175. The van der Waals surface area contributed by atoms with Crippen LogP contribution in [0.1, 0.15) is 59.8 Å². The second-order valence-electron chi connectivity index (χ2n) is 5.24. The Morgan fingerprint density at radius 3 is 2.90 bits per heavy atom. The Kier molecular flexibility index (Phi) is 5.36. The summed E-state index contributed by atoms with van der Waals surface area (Å²) < 4.78 is 5.17. The van der Waals surface area contributed by atoms with Gasteiger partial charge in [0.15, 0.2) is 0 Å². The molecule has 0 bridgehead atoms. The van der Waals surface area contributed by atoms with Crippen molar-refractivity contribution in [2.45, 2.75) is 45.4 Å². The Morgan fingerprint density at radius 2 is 2.24 bits per heavy atom. The summed E-state index contributed by atoms with van der Waals surface area (Å²) in [7, 11) is 0. The Morgan fingerprint density at radius 1 is 1.48 bits per heavy atom. The average Bonchev–Trinajstić information content (AvgIpc) is 2.78. The van der Waals surface area contributed by atoms with Crippen molar-refractivity contribution in [2.75, 3.05) is 18.5 Å². The van der Waals surface area contributed by atoms with Crippen LogP contribution in [0.2, 0.25) is 0 Å². The Labute approximate surface area is 128 Å². The van der Waals surface area contributed by atoms with Crippen molar-refractivity contribution in [2.24, 2.45) is 5.73 Å². The van der Waals surface area contributed by atoms with Gasteiger partial charge in [0.1, 0.15) is 5.00 Å². The van der Waals surface area contributed by atoms with E-state index >= 15 is 0 Å². The highest BCUT2D eigenvalue weighted by molar-refractivity contribution is 7.17.